The van der Waals surface area contributed by atoms with Gasteiger partial charge in [0.15, 0.2) is 0 Å². The summed E-state index contributed by atoms with van der Waals surface area (Å²) in [5.74, 6) is 1.04. The van der Waals surface area contributed by atoms with E-state index in [9.17, 15) is 0 Å². The molecule has 1 atom stereocenters. The van der Waals surface area contributed by atoms with E-state index >= 15 is 0 Å². The molecule has 0 N–H and O–H groups in total. The number of ether oxygens (including phenoxy) is 1. The Morgan fingerprint density at radius 3 is 2.85 bits per heavy atom. The normalized spacial score (nSPS) is 17.0. The molecule has 0 radical (unpaired) electrons. The number of halogens is 1. The lowest BCUT2D eigenvalue weighted by molar-refractivity contribution is 0.313. The van der Waals surface area contributed by atoms with Crippen LogP contribution in [-0.2, 0) is 11.8 Å². The first-order valence-electron chi connectivity index (χ1n) is 6.79. The van der Waals surface area contributed by atoms with Crippen LogP contribution in [0.25, 0.3) is 0 Å². The molecule has 0 aliphatic carbocycles. The Morgan fingerprint density at radius 2 is 2.05 bits per heavy atom. The number of hydrogen-bond donors (Lipinski definition) is 0. The van der Waals surface area contributed by atoms with Crippen LogP contribution in [0.4, 0.5) is 0 Å². The van der Waals surface area contributed by atoms with Crippen molar-refractivity contribution in [1.82, 2.24) is 0 Å². The van der Waals surface area contributed by atoms with Crippen molar-refractivity contribution in [3.05, 3.63) is 59.2 Å². The van der Waals surface area contributed by atoms with E-state index in [0.717, 1.165) is 24.1 Å². The van der Waals surface area contributed by atoms with Gasteiger partial charge in [0.1, 0.15) is 12.4 Å². The van der Waals surface area contributed by atoms with Crippen molar-refractivity contribution in [2.45, 2.75) is 28.8 Å². The Kier molecular flexibility index (Phi) is 4.37. The van der Waals surface area contributed by atoms with Crippen LogP contribution in [0.3, 0.4) is 0 Å². The number of hydrogen-bond acceptors (Lipinski definition) is 2. The van der Waals surface area contributed by atoms with Crippen molar-refractivity contribution >= 4 is 27.7 Å². The van der Waals surface area contributed by atoms with Gasteiger partial charge in [-0.15, -0.1) is 11.8 Å². The zero-order chi connectivity index (χ0) is 13.9. The highest BCUT2D eigenvalue weighted by molar-refractivity contribution is 9.08. The zero-order valence-corrected chi connectivity index (χ0v) is 13.8. The third kappa shape index (κ3) is 2.89. The van der Waals surface area contributed by atoms with Gasteiger partial charge in [0.05, 0.1) is 0 Å². The highest BCUT2D eigenvalue weighted by Crippen LogP contribution is 2.37. The van der Waals surface area contributed by atoms with Gasteiger partial charge in [-0.3, -0.25) is 0 Å². The topological polar surface area (TPSA) is 9.23 Å². The molecule has 2 aromatic rings. The van der Waals surface area contributed by atoms with Gasteiger partial charge in [-0.2, -0.15) is 0 Å². The van der Waals surface area contributed by atoms with Crippen molar-refractivity contribution in [2.24, 2.45) is 0 Å². The molecule has 3 rings (SSSR count). The molecular weight excluding hydrogens is 332 g/mol. The third-order valence-electron chi connectivity index (χ3n) is 3.56. The van der Waals surface area contributed by atoms with Gasteiger partial charge in [0.2, 0.25) is 0 Å². The summed E-state index contributed by atoms with van der Waals surface area (Å²) in [4.78, 5) is 1.41. The lowest BCUT2D eigenvalue weighted by atomic mass is 10.1. The average molecular weight is 349 g/mol. The first kappa shape index (κ1) is 14.0. The molecule has 0 spiro atoms. The van der Waals surface area contributed by atoms with Crippen LogP contribution in [-0.4, -0.2) is 11.9 Å². The highest BCUT2D eigenvalue weighted by atomic mass is 79.9. The molecule has 104 valence electrons. The minimum atomic E-state index is 0.523. The minimum absolute atomic E-state index is 0.523. The van der Waals surface area contributed by atoms with E-state index in [1.54, 1.807) is 0 Å². The van der Waals surface area contributed by atoms with E-state index in [1.165, 1.54) is 21.6 Å². The van der Waals surface area contributed by atoms with Gasteiger partial charge in [0.25, 0.3) is 0 Å². The first-order chi connectivity index (χ1) is 9.78. The summed E-state index contributed by atoms with van der Waals surface area (Å²) in [6.07, 6.45) is 1.11. The molecule has 0 fully saturated rings. The fraction of sp³-hybridized carbons (Fsp3) is 0.294. The summed E-state index contributed by atoms with van der Waals surface area (Å²) in [6.45, 7) is 2.88. The van der Waals surface area contributed by atoms with Gasteiger partial charge in [-0.1, -0.05) is 52.3 Å². The molecule has 1 aliphatic heterocycles. The number of rotatable bonds is 4. The largest absolute Gasteiger partial charge is 0.492 e. The average Bonchev–Trinajstić information content (AvgIpc) is 2.88. The van der Waals surface area contributed by atoms with Gasteiger partial charge in [0, 0.05) is 21.0 Å². The van der Waals surface area contributed by atoms with Crippen LogP contribution in [0.2, 0.25) is 0 Å². The quantitative estimate of drug-likeness (QED) is 0.720. The van der Waals surface area contributed by atoms with Crippen LogP contribution < -0.4 is 4.74 Å². The maximum absolute atomic E-state index is 6.12. The molecule has 0 saturated carbocycles. The standard InChI is InChI=1S/C17H17BrOS/c1-12-5-4-7-14(10-18)17(12)19-11-15-9-13-6-2-3-8-16(13)20-15/h2-8,15H,9-11H2,1H3. The van der Waals surface area contributed by atoms with E-state index in [1.807, 2.05) is 11.8 Å². The van der Waals surface area contributed by atoms with Crippen molar-refractivity contribution in [1.29, 1.82) is 0 Å². The number of alkyl halides is 1. The molecule has 0 saturated heterocycles. The monoisotopic (exact) mass is 348 g/mol. The molecule has 0 amide bonds. The van der Waals surface area contributed by atoms with Crippen molar-refractivity contribution in [3.8, 4) is 5.75 Å². The second-order valence-electron chi connectivity index (χ2n) is 5.06. The molecule has 1 unspecified atom stereocenters. The molecule has 0 aromatic heterocycles. The fourth-order valence-corrected chi connectivity index (χ4v) is 4.21. The molecule has 1 heterocycles. The van der Waals surface area contributed by atoms with Gasteiger partial charge in [-0.25, -0.2) is 0 Å². The van der Waals surface area contributed by atoms with E-state index in [-0.39, 0.29) is 0 Å². The Morgan fingerprint density at radius 1 is 1.20 bits per heavy atom. The molecule has 20 heavy (non-hydrogen) atoms. The molecule has 2 aromatic carbocycles. The summed E-state index contributed by atoms with van der Waals surface area (Å²) in [6, 6.07) is 15.0. The van der Waals surface area contributed by atoms with E-state index in [0.29, 0.717) is 5.25 Å². The van der Waals surface area contributed by atoms with Gasteiger partial charge in [-0.05, 0) is 30.5 Å². The number of para-hydroxylation sites is 1. The summed E-state index contributed by atoms with van der Waals surface area (Å²) in [7, 11) is 0. The van der Waals surface area contributed by atoms with Crippen LogP contribution in [0.5, 0.6) is 5.75 Å². The number of benzene rings is 2. The Bertz CT molecular complexity index is 587. The van der Waals surface area contributed by atoms with Crippen molar-refractivity contribution < 1.29 is 4.74 Å². The van der Waals surface area contributed by atoms with Crippen LogP contribution in [0, 0.1) is 6.92 Å². The van der Waals surface area contributed by atoms with Crippen LogP contribution in [0.1, 0.15) is 16.7 Å². The number of thioether (sulfide) groups is 1. The Hall–Kier alpha value is -0.930. The smallest absolute Gasteiger partial charge is 0.126 e. The molecular formula is C17H17BrOS. The van der Waals surface area contributed by atoms with E-state index in [4.69, 9.17) is 4.74 Å². The summed E-state index contributed by atoms with van der Waals surface area (Å²) in [5, 5.41) is 1.36. The van der Waals surface area contributed by atoms with Gasteiger partial charge < -0.3 is 4.74 Å². The predicted octanol–water partition coefficient (Wildman–Crippen LogP) is 4.99. The molecule has 3 heteroatoms. The maximum atomic E-state index is 6.12. The highest BCUT2D eigenvalue weighted by Gasteiger charge is 2.22. The predicted molar refractivity (Wildman–Crippen MR) is 89.1 cm³/mol. The maximum Gasteiger partial charge on any atom is 0.126 e. The Labute approximate surface area is 132 Å². The lowest BCUT2D eigenvalue weighted by Crippen LogP contribution is -2.14. The summed E-state index contributed by atoms with van der Waals surface area (Å²) < 4.78 is 6.12. The number of aryl methyl sites for hydroxylation is 1. The van der Waals surface area contributed by atoms with Crippen LogP contribution >= 0.6 is 27.7 Å². The van der Waals surface area contributed by atoms with Crippen LogP contribution in [0.15, 0.2) is 47.4 Å². The van der Waals surface area contributed by atoms with Gasteiger partial charge >= 0.3 is 0 Å². The lowest BCUT2D eigenvalue weighted by Gasteiger charge is -2.15. The zero-order valence-electron chi connectivity index (χ0n) is 11.4. The summed E-state index contributed by atoms with van der Waals surface area (Å²) >= 11 is 5.47. The van der Waals surface area contributed by atoms with E-state index < -0.39 is 0 Å². The van der Waals surface area contributed by atoms with Crippen molar-refractivity contribution in [3.63, 3.8) is 0 Å². The first-order valence-corrected chi connectivity index (χ1v) is 8.80. The molecule has 1 aliphatic rings. The number of fused-ring (bicyclic) bond motifs is 1. The SMILES string of the molecule is Cc1cccc(CBr)c1OCC1Cc2ccccc2S1. The minimum Gasteiger partial charge on any atom is -0.492 e. The second kappa shape index (κ2) is 6.23. The summed E-state index contributed by atoms with van der Waals surface area (Å²) in [5.41, 5.74) is 3.89. The third-order valence-corrected chi connectivity index (χ3v) is 5.46. The van der Waals surface area contributed by atoms with Crippen molar-refractivity contribution in [2.75, 3.05) is 6.61 Å². The Balaban J connectivity index is 1.67. The molecule has 0 bridgehead atoms. The van der Waals surface area contributed by atoms with E-state index in [2.05, 4.69) is 65.3 Å². The second-order valence-corrected chi connectivity index (χ2v) is 6.96. The molecule has 1 nitrogen and oxygen atoms in total. The fourth-order valence-electron chi connectivity index (χ4n) is 2.55.